The summed E-state index contributed by atoms with van der Waals surface area (Å²) in [6.45, 7) is 1.60. The third kappa shape index (κ3) is 3.33. The fourth-order valence-electron chi connectivity index (χ4n) is 2.63. The molecule has 2 N–H and O–H groups in total. The molecule has 1 aromatic rings. The minimum atomic E-state index is -0.760. The zero-order valence-electron chi connectivity index (χ0n) is 11.4. The highest BCUT2D eigenvalue weighted by Gasteiger charge is 2.28. The summed E-state index contributed by atoms with van der Waals surface area (Å²) in [5, 5.41) is 12.9. The van der Waals surface area contributed by atoms with Crippen molar-refractivity contribution in [2.75, 3.05) is 7.11 Å². The van der Waals surface area contributed by atoms with Gasteiger partial charge in [-0.05, 0) is 37.3 Å². The molecule has 0 spiro atoms. The molecular weight excluding hydrogens is 242 g/mol. The summed E-state index contributed by atoms with van der Waals surface area (Å²) in [5.41, 5.74) is 2.70. The molecule has 3 atom stereocenters. The second-order valence-corrected chi connectivity index (χ2v) is 5.12. The molecule has 0 amide bonds. The van der Waals surface area contributed by atoms with Crippen LogP contribution < -0.4 is 5.32 Å². The number of carbonyl (C=O) groups is 1. The van der Waals surface area contributed by atoms with Gasteiger partial charge in [0.05, 0.1) is 13.2 Å². The number of aliphatic hydroxyl groups excluding tert-OH is 1. The van der Waals surface area contributed by atoms with Crippen LogP contribution in [0.3, 0.4) is 0 Å². The predicted molar refractivity (Wildman–Crippen MR) is 72.9 cm³/mol. The number of fused-ring (bicyclic) bond motifs is 1. The van der Waals surface area contributed by atoms with E-state index in [2.05, 4.69) is 23.5 Å². The quantitative estimate of drug-likeness (QED) is 0.797. The molecule has 0 radical (unpaired) electrons. The van der Waals surface area contributed by atoms with Crippen molar-refractivity contribution in [2.45, 2.75) is 44.4 Å². The fraction of sp³-hybridized carbons (Fsp3) is 0.533. The molecule has 0 unspecified atom stereocenters. The zero-order valence-corrected chi connectivity index (χ0v) is 11.4. The zero-order chi connectivity index (χ0) is 13.8. The number of nitrogens with one attached hydrogen (secondary N) is 1. The standard InChI is InChI=1S/C15H21NO3/c1-10(17)14(15(18)19-2)16-13-8-7-11-5-3-4-6-12(11)9-13/h3-6,10,13-14,16-17H,7-9H2,1-2H3/t10-,13-,14-/m1/s1. The number of methoxy groups -OCH3 is 1. The molecule has 104 valence electrons. The van der Waals surface area contributed by atoms with E-state index in [9.17, 15) is 9.90 Å². The molecule has 4 heteroatoms. The molecule has 2 rings (SSSR count). The van der Waals surface area contributed by atoms with Crippen molar-refractivity contribution in [3.63, 3.8) is 0 Å². The Morgan fingerprint density at radius 1 is 1.42 bits per heavy atom. The van der Waals surface area contributed by atoms with Crippen LogP contribution in [-0.2, 0) is 22.4 Å². The van der Waals surface area contributed by atoms with Gasteiger partial charge in [-0.25, -0.2) is 0 Å². The summed E-state index contributed by atoms with van der Waals surface area (Å²) in [5.74, 6) is -0.408. The van der Waals surface area contributed by atoms with E-state index < -0.39 is 18.1 Å². The lowest BCUT2D eigenvalue weighted by Crippen LogP contribution is -2.51. The number of hydrogen-bond donors (Lipinski definition) is 2. The van der Waals surface area contributed by atoms with E-state index in [4.69, 9.17) is 4.74 Å². The van der Waals surface area contributed by atoms with Crippen molar-refractivity contribution < 1.29 is 14.6 Å². The number of aliphatic hydroxyl groups is 1. The second-order valence-electron chi connectivity index (χ2n) is 5.12. The van der Waals surface area contributed by atoms with Crippen molar-refractivity contribution in [1.82, 2.24) is 5.32 Å². The normalized spacial score (nSPS) is 21.3. The van der Waals surface area contributed by atoms with Crippen LogP contribution in [0.4, 0.5) is 0 Å². The van der Waals surface area contributed by atoms with E-state index >= 15 is 0 Å². The van der Waals surface area contributed by atoms with Gasteiger partial charge in [0.1, 0.15) is 6.04 Å². The van der Waals surface area contributed by atoms with Gasteiger partial charge in [0.25, 0.3) is 0 Å². The van der Waals surface area contributed by atoms with Crippen molar-refractivity contribution in [3.8, 4) is 0 Å². The molecule has 0 aromatic heterocycles. The maximum Gasteiger partial charge on any atom is 0.325 e. The number of ether oxygens (including phenoxy) is 1. The van der Waals surface area contributed by atoms with Crippen molar-refractivity contribution in [1.29, 1.82) is 0 Å². The van der Waals surface area contributed by atoms with E-state index in [1.807, 2.05) is 6.07 Å². The smallest absolute Gasteiger partial charge is 0.325 e. The molecule has 19 heavy (non-hydrogen) atoms. The van der Waals surface area contributed by atoms with Gasteiger partial charge in [0.15, 0.2) is 0 Å². The van der Waals surface area contributed by atoms with Crippen molar-refractivity contribution in [3.05, 3.63) is 35.4 Å². The summed E-state index contributed by atoms with van der Waals surface area (Å²) < 4.78 is 4.72. The summed E-state index contributed by atoms with van der Waals surface area (Å²) >= 11 is 0. The lowest BCUT2D eigenvalue weighted by molar-refractivity contribution is -0.146. The third-order valence-corrected chi connectivity index (χ3v) is 3.70. The van der Waals surface area contributed by atoms with Gasteiger partial charge in [0, 0.05) is 6.04 Å². The lowest BCUT2D eigenvalue weighted by atomic mass is 9.88. The Morgan fingerprint density at radius 3 is 2.74 bits per heavy atom. The first-order valence-electron chi connectivity index (χ1n) is 6.70. The Kier molecular flexibility index (Phi) is 4.56. The highest BCUT2D eigenvalue weighted by atomic mass is 16.5. The van der Waals surface area contributed by atoms with Crippen molar-refractivity contribution >= 4 is 5.97 Å². The van der Waals surface area contributed by atoms with Crippen LogP contribution in [0.5, 0.6) is 0 Å². The van der Waals surface area contributed by atoms with Crippen molar-refractivity contribution in [2.24, 2.45) is 0 Å². The van der Waals surface area contributed by atoms with Crippen LogP contribution >= 0.6 is 0 Å². The van der Waals surface area contributed by atoms with Gasteiger partial charge >= 0.3 is 5.97 Å². The first-order valence-corrected chi connectivity index (χ1v) is 6.70. The van der Waals surface area contributed by atoms with E-state index in [0.29, 0.717) is 0 Å². The average molecular weight is 263 g/mol. The minimum Gasteiger partial charge on any atom is -0.468 e. The molecule has 1 aliphatic carbocycles. The molecule has 1 aliphatic rings. The van der Waals surface area contributed by atoms with Crippen LogP contribution in [0, 0.1) is 0 Å². The number of carbonyl (C=O) groups excluding carboxylic acids is 1. The SMILES string of the molecule is COC(=O)[C@H](N[C@@H]1CCc2ccccc2C1)[C@@H](C)O. The Morgan fingerprint density at radius 2 is 2.11 bits per heavy atom. The van der Waals surface area contributed by atoms with Gasteiger partial charge in [-0.1, -0.05) is 24.3 Å². The molecule has 0 heterocycles. The Bertz CT molecular complexity index is 445. The van der Waals surface area contributed by atoms with E-state index in [1.54, 1.807) is 6.92 Å². The van der Waals surface area contributed by atoms with Gasteiger partial charge in [-0.2, -0.15) is 0 Å². The number of esters is 1. The maximum absolute atomic E-state index is 11.6. The maximum atomic E-state index is 11.6. The van der Waals surface area contributed by atoms with Crippen LogP contribution in [0.25, 0.3) is 0 Å². The van der Waals surface area contributed by atoms with E-state index in [-0.39, 0.29) is 6.04 Å². The first kappa shape index (κ1) is 14.0. The Hall–Kier alpha value is -1.39. The van der Waals surface area contributed by atoms with Crippen LogP contribution in [0.15, 0.2) is 24.3 Å². The number of benzene rings is 1. The molecule has 0 saturated heterocycles. The highest BCUT2D eigenvalue weighted by molar-refractivity contribution is 5.76. The second kappa shape index (κ2) is 6.17. The van der Waals surface area contributed by atoms with Gasteiger partial charge in [0.2, 0.25) is 0 Å². The summed E-state index contributed by atoms with van der Waals surface area (Å²) in [7, 11) is 1.34. The van der Waals surface area contributed by atoms with Crippen LogP contribution in [0.1, 0.15) is 24.5 Å². The molecule has 1 aromatic carbocycles. The van der Waals surface area contributed by atoms with E-state index in [0.717, 1.165) is 19.3 Å². The summed E-state index contributed by atoms with van der Waals surface area (Å²) in [6, 6.07) is 7.91. The largest absolute Gasteiger partial charge is 0.468 e. The Balaban J connectivity index is 2.02. The minimum absolute atomic E-state index is 0.202. The van der Waals surface area contributed by atoms with Gasteiger partial charge < -0.3 is 9.84 Å². The van der Waals surface area contributed by atoms with Gasteiger partial charge in [-0.3, -0.25) is 10.1 Å². The number of aryl methyl sites for hydroxylation is 1. The van der Waals surface area contributed by atoms with Crippen LogP contribution in [0.2, 0.25) is 0 Å². The fourth-order valence-corrected chi connectivity index (χ4v) is 2.63. The molecule has 0 fully saturated rings. The first-order chi connectivity index (χ1) is 9.11. The Labute approximate surface area is 113 Å². The van der Waals surface area contributed by atoms with E-state index in [1.165, 1.54) is 18.2 Å². The summed E-state index contributed by atoms with van der Waals surface area (Å²) in [6.07, 6.45) is 2.10. The van der Waals surface area contributed by atoms with Crippen LogP contribution in [-0.4, -0.2) is 36.4 Å². The third-order valence-electron chi connectivity index (χ3n) is 3.70. The monoisotopic (exact) mass is 263 g/mol. The molecule has 0 saturated carbocycles. The number of rotatable bonds is 4. The molecule has 0 aliphatic heterocycles. The highest BCUT2D eigenvalue weighted by Crippen LogP contribution is 2.21. The van der Waals surface area contributed by atoms with Gasteiger partial charge in [-0.15, -0.1) is 0 Å². The molecule has 4 nitrogen and oxygen atoms in total. The topological polar surface area (TPSA) is 58.6 Å². The lowest BCUT2D eigenvalue weighted by Gasteiger charge is -2.29. The molecular formula is C15H21NO3. The predicted octanol–water partition coefficient (Wildman–Crippen LogP) is 1.06. The summed E-state index contributed by atoms with van der Waals surface area (Å²) in [4.78, 5) is 11.6. The molecule has 0 bridgehead atoms. The number of hydrogen-bond acceptors (Lipinski definition) is 4. The average Bonchev–Trinajstić information content (AvgIpc) is 2.43.